The Hall–Kier alpha value is 1.45. The molecule has 0 spiro atoms. The molecule has 0 aliphatic heterocycles. The molecule has 0 bridgehead atoms. The van der Waals surface area contributed by atoms with Gasteiger partial charge in [-0.05, 0) is 0 Å². The Kier molecular flexibility index (Phi) is 330. The second-order valence-corrected chi connectivity index (χ2v) is 1.15. The minimum Gasteiger partial charge on any atom is -1.00 e. The van der Waals surface area contributed by atoms with E-state index >= 15 is 0 Å². The molecule has 0 saturated heterocycles. The molecule has 0 saturated carbocycles. The molecule has 0 aliphatic rings. The summed E-state index contributed by atoms with van der Waals surface area (Å²) in [6.45, 7) is 8.00. The van der Waals surface area contributed by atoms with Crippen molar-refractivity contribution in [1.29, 1.82) is 0 Å². The fourth-order valence-electron chi connectivity index (χ4n) is 0. The Bertz CT molecular complexity index is 15.0. The van der Waals surface area contributed by atoms with Gasteiger partial charge in [0.25, 0.3) is 0 Å². The Morgan fingerprint density at radius 2 is 0.600 bits per heavy atom. The molecular weight excluding hydrogens is 229 g/mol. The molecule has 1 radical (unpaired) electrons. The molecular formula is C6H14Cl3V-5. The van der Waals surface area contributed by atoms with Crippen LogP contribution in [0.5, 0.6) is 0 Å². The first kappa shape index (κ1) is 42.1. The van der Waals surface area contributed by atoms with E-state index in [9.17, 15) is 0 Å². The Morgan fingerprint density at radius 3 is 0.600 bits per heavy atom. The molecule has 0 heterocycles. The molecule has 0 unspecified atom stereocenters. The SMILES string of the molecule is C[CH-]C.C[CH-]C.[Cl-].[Cl-].[Cl-].[V]. The quantitative estimate of drug-likeness (QED) is 0.371. The van der Waals surface area contributed by atoms with Gasteiger partial charge in [0.05, 0.1) is 0 Å². The largest absolute Gasteiger partial charge is 1.00 e. The van der Waals surface area contributed by atoms with Crippen molar-refractivity contribution in [3.8, 4) is 0 Å². The molecule has 0 fully saturated rings. The number of hydrogen-bond acceptors (Lipinski definition) is 0. The first-order chi connectivity index (χ1) is 2.83. The van der Waals surface area contributed by atoms with Crippen LogP contribution in [0.3, 0.4) is 0 Å². The fourth-order valence-corrected chi connectivity index (χ4v) is 0. The van der Waals surface area contributed by atoms with E-state index in [1.54, 1.807) is 0 Å². The molecule has 0 atom stereocenters. The van der Waals surface area contributed by atoms with Crippen molar-refractivity contribution in [2.24, 2.45) is 0 Å². The summed E-state index contributed by atoms with van der Waals surface area (Å²) < 4.78 is 0. The topological polar surface area (TPSA) is 0 Å². The Morgan fingerprint density at radius 1 is 0.600 bits per heavy atom. The van der Waals surface area contributed by atoms with E-state index in [0.717, 1.165) is 0 Å². The van der Waals surface area contributed by atoms with Crippen LogP contribution in [0.4, 0.5) is 0 Å². The van der Waals surface area contributed by atoms with Crippen molar-refractivity contribution < 1.29 is 55.8 Å². The van der Waals surface area contributed by atoms with Gasteiger partial charge in [-0.2, -0.15) is 27.7 Å². The zero-order valence-electron chi connectivity index (χ0n) is 6.74. The van der Waals surface area contributed by atoms with Gasteiger partial charge in [-0.15, -0.1) is 0 Å². The van der Waals surface area contributed by atoms with Crippen molar-refractivity contribution in [3.63, 3.8) is 0 Å². The molecule has 0 aromatic rings. The normalized spacial score (nSPS) is 3.60. The van der Waals surface area contributed by atoms with Crippen LogP contribution in [0.25, 0.3) is 0 Å². The minimum absolute atomic E-state index is 0. The van der Waals surface area contributed by atoms with Crippen LogP contribution < -0.4 is 37.2 Å². The summed E-state index contributed by atoms with van der Waals surface area (Å²) in [6, 6.07) is 0. The van der Waals surface area contributed by atoms with Gasteiger partial charge in [-0.25, -0.2) is 0 Å². The number of rotatable bonds is 0. The molecule has 0 aliphatic carbocycles. The standard InChI is InChI=1S/2C3H7.3ClH.V/c2*1-3-2;;;;/h2*3H,1-2H3;3*1H;/q2*-1;;;;/p-3. The molecule has 0 rings (SSSR count). The van der Waals surface area contributed by atoms with E-state index in [1.807, 2.05) is 40.5 Å². The molecule has 4 heteroatoms. The summed E-state index contributed by atoms with van der Waals surface area (Å²) in [5.74, 6) is 0. The van der Waals surface area contributed by atoms with E-state index < -0.39 is 0 Å². The zero-order chi connectivity index (χ0) is 5.41. The maximum atomic E-state index is 2.00. The third-order valence-corrected chi connectivity index (χ3v) is 0. The van der Waals surface area contributed by atoms with E-state index in [-0.39, 0.29) is 55.8 Å². The van der Waals surface area contributed by atoms with Crippen molar-refractivity contribution in [2.45, 2.75) is 27.7 Å². The second-order valence-electron chi connectivity index (χ2n) is 1.15. The minimum atomic E-state index is 0. The first-order valence-corrected chi connectivity index (χ1v) is 2.31. The summed E-state index contributed by atoms with van der Waals surface area (Å²) in [4.78, 5) is 0. The predicted octanol–water partition coefficient (Wildman–Crippen LogP) is -6.53. The van der Waals surface area contributed by atoms with Crippen LogP contribution in [0.1, 0.15) is 27.7 Å². The van der Waals surface area contributed by atoms with Gasteiger partial charge in [-0.3, -0.25) is 0 Å². The van der Waals surface area contributed by atoms with Crippen molar-refractivity contribution >= 4 is 0 Å². The smallest absolute Gasteiger partial charge is 0 e. The Labute approximate surface area is 96.0 Å². The van der Waals surface area contributed by atoms with E-state index in [1.165, 1.54) is 0 Å². The summed E-state index contributed by atoms with van der Waals surface area (Å²) in [5, 5.41) is 0. The van der Waals surface area contributed by atoms with E-state index in [4.69, 9.17) is 0 Å². The van der Waals surface area contributed by atoms with E-state index in [0.29, 0.717) is 0 Å². The molecule has 0 N–H and O–H groups in total. The predicted molar refractivity (Wildman–Crippen MR) is 31.3 cm³/mol. The van der Waals surface area contributed by atoms with Gasteiger partial charge in [0.15, 0.2) is 0 Å². The van der Waals surface area contributed by atoms with Crippen LogP contribution in [-0.4, -0.2) is 0 Å². The molecule has 0 aromatic carbocycles. The molecule has 69 valence electrons. The molecule has 0 aromatic heterocycles. The maximum Gasteiger partial charge on any atom is 0 e. The first-order valence-electron chi connectivity index (χ1n) is 2.31. The molecule has 0 amide bonds. The fraction of sp³-hybridized carbons (Fsp3) is 0.667. The van der Waals surface area contributed by atoms with Gasteiger partial charge in [-0.1, -0.05) is 0 Å². The number of hydrogen-bond donors (Lipinski definition) is 0. The summed E-state index contributed by atoms with van der Waals surface area (Å²) in [5.41, 5.74) is 0. The van der Waals surface area contributed by atoms with Crippen molar-refractivity contribution in [3.05, 3.63) is 12.8 Å². The number of halogens is 3. The van der Waals surface area contributed by atoms with Crippen LogP contribution in [0, 0.1) is 12.8 Å². The Balaban J connectivity index is -0.00000000571. The summed E-state index contributed by atoms with van der Waals surface area (Å²) in [6.07, 6.45) is 4.00. The summed E-state index contributed by atoms with van der Waals surface area (Å²) >= 11 is 0. The van der Waals surface area contributed by atoms with Gasteiger partial charge in [0.1, 0.15) is 0 Å². The summed E-state index contributed by atoms with van der Waals surface area (Å²) in [7, 11) is 0. The van der Waals surface area contributed by atoms with Crippen LogP contribution in [-0.2, 0) is 18.6 Å². The second kappa shape index (κ2) is 78.3. The van der Waals surface area contributed by atoms with Crippen molar-refractivity contribution in [2.75, 3.05) is 0 Å². The van der Waals surface area contributed by atoms with Crippen molar-refractivity contribution in [1.82, 2.24) is 0 Å². The monoisotopic (exact) mass is 242 g/mol. The van der Waals surface area contributed by atoms with E-state index in [2.05, 4.69) is 0 Å². The third kappa shape index (κ3) is 319. The average Bonchev–Trinajstić information content (AvgIpc) is 1.39. The maximum absolute atomic E-state index is 2.00. The molecule has 10 heavy (non-hydrogen) atoms. The van der Waals surface area contributed by atoms with Gasteiger partial charge >= 0.3 is 0 Å². The molecule has 0 nitrogen and oxygen atoms in total. The van der Waals surface area contributed by atoms with Gasteiger partial charge in [0.2, 0.25) is 0 Å². The van der Waals surface area contributed by atoms with Gasteiger partial charge < -0.3 is 50.1 Å². The zero-order valence-corrected chi connectivity index (χ0v) is 10.4. The van der Waals surface area contributed by atoms with Crippen LogP contribution in [0.15, 0.2) is 0 Å². The third-order valence-electron chi connectivity index (χ3n) is 0. The van der Waals surface area contributed by atoms with Crippen LogP contribution >= 0.6 is 0 Å². The van der Waals surface area contributed by atoms with Gasteiger partial charge in [0, 0.05) is 18.6 Å². The average molecular weight is 243 g/mol. The van der Waals surface area contributed by atoms with Crippen LogP contribution in [0.2, 0.25) is 0 Å².